The molecule has 8 heteroatoms. The van der Waals surface area contributed by atoms with Gasteiger partial charge in [0.2, 0.25) is 0 Å². The number of amides is 1. The van der Waals surface area contributed by atoms with E-state index in [1.165, 1.54) is 0 Å². The molecular weight excluding hydrogens is 442 g/mol. The largest absolute Gasteiger partial charge is 0.491 e. The Morgan fingerprint density at radius 3 is 2.48 bits per heavy atom. The number of nitrogens with one attached hydrogen (secondary N) is 1. The monoisotopic (exact) mass is 467 g/mol. The molecule has 0 aromatic heterocycles. The lowest BCUT2D eigenvalue weighted by Gasteiger charge is -2.28. The Labute approximate surface area is 178 Å². The summed E-state index contributed by atoms with van der Waals surface area (Å²) in [6, 6.07) is 14.2. The first-order chi connectivity index (χ1) is 14.1. The van der Waals surface area contributed by atoms with Crippen LogP contribution in [0.1, 0.15) is 25.0 Å². The van der Waals surface area contributed by atoms with E-state index in [0.717, 1.165) is 4.47 Å². The second-order valence-electron chi connectivity index (χ2n) is 6.07. The van der Waals surface area contributed by atoms with Gasteiger partial charge in [0.1, 0.15) is 18.5 Å². The van der Waals surface area contributed by atoms with Gasteiger partial charge in [0, 0.05) is 35.4 Å². The van der Waals surface area contributed by atoms with Gasteiger partial charge in [0.15, 0.2) is 6.10 Å². The lowest BCUT2D eigenvalue weighted by Crippen LogP contribution is -2.30. The highest BCUT2D eigenvalue weighted by Gasteiger charge is 2.30. The van der Waals surface area contributed by atoms with Gasteiger partial charge in [-0.2, -0.15) is 0 Å². The van der Waals surface area contributed by atoms with E-state index in [1.54, 1.807) is 48.5 Å². The Balaban J connectivity index is 2.27. The number of para-hydroxylation sites is 1. The van der Waals surface area contributed by atoms with Crippen molar-refractivity contribution < 1.29 is 29.2 Å². The number of carbonyl (C=O) groups excluding carboxylic acids is 1. The number of carbonyl (C=O) groups is 1. The quantitative estimate of drug-likeness (QED) is 0.463. The lowest BCUT2D eigenvalue weighted by atomic mass is 10.0. The zero-order chi connectivity index (χ0) is 21.1. The van der Waals surface area contributed by atoms with E-state index in [2.05, 4.69) is 21.2 Å². The second-order valence-corrected chi connectivity index (χ2v) is 6.99. The van der Waals surface area contributed by atoms with Crippen molar-refractivity contribution >= 4 is 27.7 Å². The lowest BCUT2D eigenvalue weighted by molar-refractivity contribution is -0.0493. The van der Waals surface area contributed by atoms with Gasteiger partial charge in [0.25, 0.3) is 0 Å². The standard InChI is InChI=1S/C21H26BrNO6/c1-2-27-19(11-12-24)20(17-5-3-4-6-18(17)28-14-13-25)29-21(26)23-16-9-7-15(22)8-10-16/h3-10,19-20,24-25H,2,11-14H2,1H3,(H,23,26)/t19-,20-/m1/s1. The molecule has 0 aliphatic heterocycles. The van der Waals surface area contributed by atoms with Gasteiger partial charge in [-0.25, -0.2) is 4.79 Å². The molecule has 0 fully saturated rings. The van der Waals surface area contributed by atoms with Gasteiger partial charge >= 0.3 is 6.09 Å². The Hall–Kier alpha value is -2.13. The van der Waals surface area contributed by atoms with Crippen molar-refractivity contribution in [3.63, 3.8) is 0 Å². The maximum absolute atomic E-state index is 12.6. The molecule has 0 saturated heterocycles. The first-order valence-electron chi connectivity index (χ1n) is 9.37. The first kappa shape index (κ1) is 23.2. The fourth-order valence-corrected chi connectivity index (χ4v) is 3.07. The first-order valence-corrected chi connectivity index (χ1v) is 10.2. The number of halogens is 1. The Kier molecular flexibility index (Phi) is 9.93. The average Bonchev–Trinajstić information content (AvgIpc) is 2.72. The summed E-state index contributed by atoms with van der Waals surface area (Å²) in [4.78, 5) is 12.6. The number of aliphatic hydroxyl groups excluding tert-OH is 2. The van der Waals surface area contributed by atoms with Gasteiger partial charge in [-0.05, 0) is 37.3 Å². The fraction of sp³-hybridized carbons (Fsp3) is 0.381. The highest BCUT2D eigenvalue weighted by Crippen LogP contribution is 2.33. The highest BCUT2D eigenvalue weighted by atomic mass is 79.9. The molecule has 0 saturated carbocycles. The summed E-state index contributed by atoms with van der Waals surface area (Å²) in [5.74, 6) is 0.477. The van der Waals surface area contributed by atoms with E-state index < -0.39 is 18.3 Å². The maximum atomic E-state index is 12.6. The summed E-state index contributed by atoms with van der Waals surface area (Å²) in [5.41, 5.74) is 1.18. The molecule has 2 aromatic carbocycles. The van der Waals surface area contributed by atoms with Gasteiger partial charge in [-0.15, -0.1) is 0 Å². The van der Waals surface area contributed by atoms with Crippen LogP contribution < -0.4 is 10.1 Å². The van der Waals surface area contributed by atoms with Crippen LogP contribution in [0.2, 0.25) is 0 Å². The molecule has 2 atom stereocenters. The molecule has 0 radical (unpaired) electrons. The van der Waals surface area contributed by atoms with Crippen LogP contribution in [0.15, 0.2) is 53.0 Å². The Bertz CT molecular complexity index is 749. The number of hydrogen-bond donors (Lipinski definition) is 3. The summed E-state index contributed by atoms with van der Waals surface area (Å²) in [7, 11) is 0. The van der Waals surface area contributed by atoms with Crippen molar-refractivity contribution in [2.24, 2.45) is 0 Å². The Morgan fingerprint density at radius 1 is 1.10 bits per heavy atom. The van der Waals surface area contributed by atoms with Gasteiger partial charge in [-0.3, -0.25) is 5.32 Å². The van der Waals surface area contributed by atoms with Crippen LogP contribution in [-0.2, 0) is 9.47 Å². The third-order valence-corrected chi connectivity index (χ3v) is 4.56. The third-order valence-electron chi connectivity index (χ3n) is 4.03. The summed E-state index contributed by atoms with van der Waals surface area (Å²) in [6.07, 6.45) is -1.76. The van der Waals surface area contributed by atoms with Gasteiger partial charge < -0.3 is 24.4 Å². The number of aliphatic hydroxyl groups is 2. The van der Waals surface area contributed by atoms with Crippen LogP contribution >= 0.6 is 15.9 Å². The smallest absolute Gasteiger partial charge is 0.412 e. The van der Waals surface area contributed by atoms with E-state index >= 15 is 0 Å². The van der Waals surface area contributed by atoms with Crippen LogP contribution in [0.4, 0.5) is 10.5 Å². The third kappa shape index (κ3) is 7.32. The number of benzene rings is 2. The van der Waals surface area contributed by atoms with E-state index in [0.29, 0.717) is 23.6 Å². The topological polar surface area (TPSA) is 97.2 Å². The molecule has 1 amide bonds. The molecule has 0 aliphatic rings. The van der Waals surface area contributed by atoms with Crippen LogP contribution in [0.3, 0.4) is 0 Å². The minimum atomic E-state index is -0.813. The molecule has 158 valence electrons. The predicted molar refractivity (Wildman–Crippen MR) is 113 cm³/mol. The molecule has 7 nitrogen and oxygen atoms in total. The van der Waals surface area contributed by atoms with E-state index in [9.17, 15) is 9.90 Å². The SMILES string of the molecule is CCO[C@H](CCO)[C@H](OC(=O)Nc1ccc(Br)cc1)c1ccccc1OCCO. The van der Waals surface area contributed by atoms with Crippen molar-refractivity contribution in [3.8, 4) is 5.75 Å². The minimum Gasteiger partial charge on any atom is -0.491 e. The summed E-state index contributed by atoms with van der Waals surface area (Å²) >= 11 is 3.35. The summed E-state index contributed by atoms with van der Waals surface area (Å²) < 4.78 is 18.0. The predicted octanol–water partition coefficient (Wildman–Crippen LogP) is 3.90. The average molecular weight is 468 g/mol. The molecule has 0 aliphatic carbocycles. The van der Waals surface area contributed by atoms with E-state index in [-0.39, 0.29) is 26.2 Å². The van der Waals surface area contributed by atoms with Crippen molar-refractivity contribution in [2.75, 3.05) is 31.7 Å². The zero-order valence-electron chi connectivity index (χ0n) is 16.2. The molecule has 0 spiro atoms. The van der Waals surface area contributed by atoms with E-state index in [1.807, 2.05) is 6.92 Å². The number of anilines is 1. The number of rotatable bonds is 11. The van der Waals surface area contributed by atoms with Crippen molar-refractivity contribution in [1.82, 2.24) is 0 Å². The minimum absolute atomic E-state index is 0.105. The van der Waals surface area contributed by atoms with Gasteiger partial charge in [0.05, 0.1) is 6.61 Å². The number of ether oxygens (including phenoxy) is 3. The second kappa shape index (κ2) is 12.4. The summed E-state index contributed by atoms with van der Waals surface area (Å²) in [5, 5.41) is 21.2. The molecule has 0 bridgehead atoms. The van der Waals surface area contributed by atoms with E-state index in [4.69, 9.17) is 19.3 Å². The fourth-order valence-electron chi connectivity index (χ4n) is 2.80. The van der Waals surface area contributed by atoms with Crippen LogP contribution in [0.5, 0.6) is 5.75 Å². The van der Waals surface area contributed by atoms with Crippen molar-refractivity contribution in [2.45, 2.75) is 25.6 Å². The van der Waals surface area contributed by atoms with Crippen LogP contribution in [-0.4, -0.2) is 48.8 Å². The normalized spacial score (nSPS) is 12.8. The zero-order valence-corrected chi connectivity index (χ0v) is 17.8. The molecule has 0 heterocycles. The van der Waals surface area contributed by atoms with Crippen molar-refractivity contribution in [3.05, 3.63) is 58.6 Å². The van der Waals surface area contributed by atoms with Crippen molar-refractivity contribution in [1.29, 1.82) is 0 Å². The number of hydrogen-bond acceptors (Lipinski definition) is 6. The molecule has 2 rings (SSSR count). The molecule has 2 aromatic rings. The van der Waals surface area contributed by atoms with Crippen LogP contribution in [0, 0.1) is 0 Å². The molecule has 29 heavy (non-hydrogen) atoms. The molecule has 0 unspecified atom stereocenters. The highest BCUT2D eigenvalue weighted by molar-refractivity contribution is 9.10. The van der Waals surface area contributed by atoms with Gasteiger partial charge in [-0.1, -0.05) is 34.1 Å². The summed E-state index contributed by atoms with van der Waals surface area (Å²) in [6.45, 7) is 2.05. The maximum Gasteiger partial charge on any atom is 0.412 e. The Morgan fingerprint density at radius 2 is 1.83 bits per heavy atom. The molecular formula is C21H26BrNO6. The van der Waals surface area contributed by atoms with Crippen LogP contribution in [0.25, 0.3) is 0 Å². The molecule has 3 N–H and O–H groups in total.